The van der Waals surface area contributed by atoms with E-state index in [4.69, 9.17) is 0 Å². The predicted molar refractivity (Wildman–Crippen MR) is 115 cm³/mol. The average Bonchev–Trinajstić information content (AvgIpc) is 2.50. The van der Waals surface area contributed by atoms with Gasteiger partial charge in [0.15, 0.2) is 5.96 Å². The highest BCUT2D eigenvalue weighted by Gasteiger charge is 2.05. The highest BCUT2D eigenvalue weighted by atomic mass is 127. The molecular weight excluding hydrogens is 399 g/mol. The second-order valence-electron chi connectivity index (χ2n) is 6.32. The molecule has 5 heteroatoms. The molecule has 0 aliphatic heterocycles. The smallest absolute Gasteiger partial charge is 0.193 e. The second-order valence-corrected chi connectivity index (χ2v) is 6.32. The highest BCUT2D eigenvalue weighted by Crippen LogP contribution is 2.02. The van der Waals surface area contributed by atoms with Crippen LogP contribution in [0.15, 0.2) is 17.6 Å². The first-order chi connectivity index (χ1) is 10.5. The van der Waals surface area contributed by atoms with Crippen molar-refractivity contribution in [3.05, 3.63) is 12.7 Å². The predicted octanol–water partition coefficient (Wildman–Crippen LogP) is 3.98. The minimum Gasteiger partial charge on any atom is -0.356 e. The van der Waals surface area contributed by atoms with Crippen molar-refractivity contribution in [2.75, 3.05) is 40.8 Å². The van der Waals surface area contributed by atoms with Gasteiger partial charge >= 0.3 is 0 Å². The van der Waals surface area contributed by atoms with Gasteiger partial charge in [-0.05, 0) is 59.5 Å². The molecule has 0 aromatic heterocycles. The van der Waals surface area contributed by atoms with Gasteiger partial charge in [-0.15, -0.1) is 30.6 Å². The van der Waals surface area contributed by atoms with Gasteiger partial charge in [-0.25, -0.2) is 0 Å². The SMILES string of the molecule is C=CCCCCCN(C)C(=NC)NCCCCN(C)C(C)C.I. The van der Waals surface area contributed by atoms with Gasteiger partial charge in [0.05, 0.1) is 0 Å². The van der Waals surface area contributed by atoms with Crippen LogP contribution in [-0.4, -0.2) is 62.6 Å². The zero-order valence-electron chi connectivity index (χ0n) is 16.0. The Labute approximate surface area is 161 Å². The van der Waals surface area contributed by atoms with Crippen LogP contribution >= 0.6 is 24.0 Å². The van der Waals surface area contributed by atoms with E-state index in [0.717, 1.165) is 32.0 Å². The molecule has 0 aliphatic rings. The van der Waals surface area contributed by atoms with Gasteiger partial charge in [0.2, 0.25) is 0 Å². The number of nitrogens with zero attached hydrogens (tertiary/aromatic N) is 3. The molecule has 0 spiro atoms. The van der Waals surface area contributed by atoms with Crippen LogP contribution in [0.1, 0.15) is 52.4 Å². The van der Waals surface area contributed by atoms with Crippen LogP contribution in [0.4, 0.5) is 0 Å². The molecule has 0 fully saturated rings. The van der Waals surface area contributed by atoms with E-state index < -0.39 is 0 Å². The molecule has 0 rings (SSSR count). The fourth-order valence-corrected chi connectivity index (χ4v) is 2.25. The van der Waals surface area contributed by atoms with Crippen molar-refractivity contribution >= 4 is 29.9 Å². The molecular formula is C18H39IN4. The molecule has 1 N–H and O–H groups in total. The van der Waals surface area contributed by atoms with Crippen molar-refractivity contribution in [1.82, 2.24) is 15.1 Å². The van der Waals surface area contributed by atoms with Gasteiger partial charge in [0.1, 0.15) is 0 Å². The van der Waals surface area contributed by atoms with Crippen molar-refractivity contribution in [2.24, 2.45) is 4.99 Å². The van der Waals surface area contributed by atoms with Crippen LogP contribution in [0.25, 0.3) is 0 Å². The quantitative estimate of drug-likeness (QED) is 0.164. The van der Waals surface area contributed by atoms with Crippen molar-refractivity contribution in [1.29, 1.82) is 0 Å². The van der Waals surface area contributed by atoms with E-state index in [9.17, 15) is 0 Å². The summed E-state index contributed by atoms with van der Waals surface area (Å²) >= 11 is 0. The van der Waals surface area contributed by atoms with Gasteiger partial charge in [-0.1, -0.05) is 12.5 Å². The summed E-state index contributed by atoms with van der Waals surface area (Å²) in [6.07, 6.45) is 9.25. The molecule has 0 amide bonds. The zero-order chi connectivity index (χ0) is 16.8. The normalized spacial score (nSPS) is 11.5. The summed E-state index contributed by atoms with van der Waals surface area (Å²) in [5, 5.41) is 3.47. The lowest BCUT2D eigenvalue weighted by molar-refractivity contribution is 0.268. The summed E-state index contributed by atoms with van der Waals surface area (Å²) < 4.78 is 0. The van der Waals surface area contributed by atoms with Crippen LogP contribution in [-0.2, 0) is 0 Å². The number of hydrogen-bond acceptors (Lipinski definition) is 2. The third-order valence-corrected chi connectivity index (χ3v) is 4.08. The van der Waals surface area contributed by atoms with E-state index in [1.54, 1.807) is 0 Å². The van der Waals surface area contributed by atoms with E-state index in [2.05, 4.69) is 54.6 Å². The van der Waals surface area contributed by atoms with Crippen LogP contribution in [0.5, 0.6) is 0 Å². The molecule has 0 aromatic rings. The van der Waals surface area contributed by atoms with Crippen molar-refractivity contribution in [2.45, 2.75) is 58.4 Å². The van der Waals surface area contributed by atoms with Crippen molar-refractivity contribution in [3.63, 3.8) is 0 Å². The van der Waals surface area contributed by atoms with Gasteiger partial charge in [-0.3, -0.25) is 4.99 Å². The number of guanidine groups is 1. The van der Waals surface area contributed by atoms with E-state index in [1.807, 2.05) is 13.1 Å². The maximum Gasteiger partial charge on any atom is 0.193 e. The third-order valence-electron chi connectivity index (χ3n) is 4.08. The van der Waals surface area contributed by atoms with Crippen LogP contribution in [0, 0.1) is 0 Å². The minimum absolute atomic E-state index is 0. The van der Waals surface area contributed by atoms with Gasteiger partial charge < -0.3 is 15.1 Å². The Kier molecular flexibility index (Phi) is 18.0. The lowest BCUT2D eigenvalue weighted by atomic mass is 10.2. The fraction of sp³-hybridized carbons (Fsp3) is 0.833. The number of halogens is 1. The molecule has 0 bridgehead atoms. The topological polar surface area (TPSA) is 30.9 Å². The van der Waals surface area contributed by atoms with Gasteiger partial charge in [0, 0.05) is 33.2 Å². The van der Waals surface area contributed by atoms with Crippen LogP contribution in [0.3, 0.4) is 0 Å². The monoisotopic (exact) mass is 438 g/mol. The average molecular weight is 438 g/mol. The summed E-state index contributed by atoms with van der Waals surface area (Å²) in [6, 6.07) is 0.632. The maximum absolute atomic E-state index is 4.37. The molecule has 0 saturated carbocycles. The number of hydrogen-bond donors (Lipinski definition) is 1. The second kappa shape index (κ2) is 16.6. The number of allylic oxidation sites excluding steroid dienone is 1. The number of nitrogens with one attached hydrogen (secondary N) is 1. The highest BCUT2D eigenvalue weighted by molar-refractivity contribution is 14.0. The standard InChI is InChI=1S/C18H38N4.HI/c1-7-8-9-10-12-16-22(6)18(19-4)20-14-11-13-15-21(5)17(2)3;/h7,17H,1,8-16H2,2-6H3,(H,19,20);1H. The fourth-order valence-electron chi connectivity index (χ4n) is 2.25. The maximum atomic E-state index is 4.37. The summed E-state index contributed by atoms with van der Waals surface area (Å²) in [4.78, 5) is 8.99. The Bertz CT molecular complexity index is 305. The summed E-state index contributed by atoms with van der Waals surface area (Å²) in [5.41, 5.74) is 0. The first kappa shape index (κ1) is 24.9. The van der Waals surface area contributed by atoms with Crippen LogP contribution < -0.4 is 5.32 Å². The van der Waals surface area contributed by atoms with Crippen molar-refractivity contribution in [3.8, 4) is 0 Å². The van der Waals surface area contributed by atoms with Crippen molar-refractivity contribution < 1.29 is 0 Å². The zero-order valence-corrected chi connectivity index (χ0v) is 18.3. The van der Waals surface area contributed by atoms with Crippen LogP contribution in [0.2, 0.25) is 0 Å². The minimum atomic E-state index is 0. The molecule has 138 valence electrons. The number of rotatable bonds is 12. The molecule has 0 aliphatic carbocycles. The Morgan fingerprint density at radius 1 is 1.09 bits per heavy atom. The molecule has 23 heavy (non-hydrogen) atoms. The van der Waals surface area contributed by atoms with E-state index >= 15 is 0 Å². The van der Waals surface area contributed by atoms with E-state index in [0.29, 0.717) is 6.04 Å². The first-order valence-electron chi connectivity index (χ1n) is 8.75. The lowest BCUT2D eigenvalue weighted by Crippen LogP contribution is -2.40. The molecule has 4 nitrogen and oxygen atoms in total. The summed E-state index contributed by atoms with van der Waals surface area (Å²) in [6.45, 7) is 11.5. The third kappa shape index (κ3) is 13.8. The molecule has 0 aromatic carbocycles. The largest absolute Gasteiger partial charge is 0.356 e. The van der Waals surface area contributed by atoms with Gasteiger partial charge in [0.25, 0.3) is 0 Å². The molecule has 0 heterocycles. The molecule has 0 atom stereocenters. The Morgan fingerprint density at radius 3 is 2.30 bits per heavy atom. The Balaban J connectivity index is 0. The first-order valence-corrected chi connectivity index (χ1v) is 8.75. The van der Waals surface area contributed by atoms with E-state index in [1.165, 1.54) is 32.1 Å². The molecule has 0 radical (unpaired) electrons. The summed E-state index contributed by atoms with van der Waals surface area (Å²) in [5.74, 6) is 1.01. The number of unbranched alkanes of at least 4 members (excludes halogenated alkanes) is 4. The Hall–Kier alpha value is -0.300. The summed E-state index contributed by atoms with van der Waals surface area (Å²) in [7, 11) is 6.18. The van der Waals surface area contributed by atoms with E-state index in [-0.39, 0.29) is 24.0 Å². The molecule has 0 saturated heterocycles. The van der Waals surface area contributed by atoms with Gasteiger partial charge in [-0.2, -0.15) is 0 Å². The Morgan fingerprint density at radius 2 is 1.74 bits per heavy atom. The molecule has 0 unspecified atom stereocenters. The number of aliphatic imine (C=N–C) groups is 1. The lowest BCUT2D eigenvalue weighted by Gasteiger charge is -2.23.